The zero-order valence-corrected chi connectivity index (χ0v) is 20.4. The fourth-order valence-electron chi connectivity index (χ4n) is 3.56. The van der Waals surface area contributed by atoms with E-state index in [4.69, 9.17) is 9.97 Å². The van der Waals surface area contributed by atoms with Crippen LogP contribution in [0.2, 0.25) is 0 Å². The van der Waals surface area contributed by atoms with Gasteiger partial charge < -0.3 is 0 Å². The summed E-state index contributed by atoms with van der Waals surface area (Å²) in [5.74, 6) is 0.404. The minimum atomic E-state index is -3.35. The Morgan fingerprint density at radius 2 is 1.74 bits per heavy atom. The van der Waals surface area contributed by atoms with E-state index < -0.39 is 9.84 Å². The van der Waals surface area contributed by atoms with Gasteiger partial charge >= 0.3 is 0 Å². The summed E-state index contributed by atoms with van der Waals surface area (Å²) in [6.45, 7) is 2.04. The summed E-state index contributed by atoms with van der Waals surface area (Å²) >= 11 is 0. The number of halogens is 2. The molecule has 4 aromatic rings. The van der Waals surface area contributed by atoms with Crippen LogP contribution in [0.25, 0.3) is 11.3 Å². The zero-order valence-electron chi connectivity index (χ0n) is 18.7. The molecule has 0 spiro atoms. The second-order valence-electron chi connectivity index (χ2n) is 7.99. The Balaban J connectivity index is 0.00000324. The molecule has 176 valence electrons. The van der Waals surface area contributed by atoms with Gasteiger partial charge in [0.15, 0.2) is 9.84 Å². The van der Waals surface area contributed by atoms with E-state index >= 15 is 0 Å². The van der Waals surface area contributed by atoms with Crippen molar-refractivity contribution in [1.82, 2.24) is 19.9 Å². The van der Waals surface area contributed by atoms with Crippen molar-refractivity contribution in [3.8, 4) is 11.3 Å². The van der Waals surface area contributed by atoms with Gasteiger partial charge in [-0.3, -0.25) is 9.97 Å². The summed E-state index contributed by atoms with van der Waals surface area (Å²) in [4.78, 5) is 18.2. The molecule has 0 amide bonds. The first-order valence-corrected chi connectivity index (χ1v) is 12.3. The molecule has 0 fully saturated rings. The molecule has 2 aromatic heterocycles. The minimum absolute atomic E-state index is 0. The van der Waals surface area contributed by atoms with E-state index in [1.807, 2.05) is 19.1 Å². The third-order valence-electron chi connectivity index (χ3n) is 5.29. The maximum atomic E-state index is 13.3. The van der Waals surface area contributed by atoms with Crippen LogP contribution >= 0.6 is 12.4 Å². The molecule has 2 aromatic carbocycles. The SMILES string of the molecule is C[C@H](Cc1nc(Cc2cnccn2)cc(-c2cccc(S(C)(=O)=O)c2)n1)c1ccc(F)cc1.Cl. The molecule has 6 nitrogen and oxygen atoms in total. The van der Waals surface area contributed by atoms with Crippen molar-refractivity contribution < 1.29 is 12.8 Å². The number of rotatable bonds is 7. The molecule has 4 rings (SSSR count). The molecule has 0 N–H and O–H groups in total. The van der Waals surface area contributed by atoms with Crippen LogP contribution in [0.5, 0.6) is 0 Å². The van der Waals surface area contributed by atoms with Gasteiger partial charge in [-0.2, -0.15) is 0 Å². The van der Waals surface area contributed by atoms with E-state index in [-0.39, 0.29) is 29.0 Å². The number of sulfone groups is 1. The van der Waals surface area contributed by atoms with Crippen LogP contribution in [0.4, 0.5) is 4.39 Å². The van der Waals surface area contributed by atoms with Gasteiger partial charge in [0, 0.05) is 43.3 Å². The highest BCUT2D eigenvalue weighted by Gasteiger charge is 2.15. The van der Waals surface area contributed by atoms with Gasteiger partial charge in [-0.25, -0.2) is 22.8 Å². The predicted molar refractivity (Wildman–Crippen MR) is 131 cm³/mol. The van der Waals surface area contributed by atoms with E-state index in [2.05, 4.69) is 9.97 Å². The smallest absolute Gasteiger partial charge is 0.175 e. The van der Waals surface area contributed by atoms with Crippen LogP contribution in [0.3, 0.4) is 0 Å². The standard InChI is InChI=1S/C25H23FN4O2S.ClH/c1-17(18-6-8-20(26)9-7-18)12-25-29-21(14-22-16-27-10-11-28-22)15-24(30-25)19-4-3-5-23(13-19)33(2,31)32;/h3-11,13,15-17H,12,14H2,1-2H3;1H/t17-;/m1./s1. The largest absolute Gasteiger partial charge is 0.261 e. The summed E-state index contributed by atoms with van der Waals surface area (Å²) in [6, 6.07) is 15.0. The second kappa shape index (κ2) is 10.8. The second-order valence-corrected chi connectivity index (χ2v) is 10.0. The van der Waals surface area contributed by atoms with Crippen molar-refractivity contribution in [3.63, 3.8) is 0 Å². The molecular weight excluding hydrogens is 475 g/mol. The minimum Gasteiger partial charge on any atom is -0.261 e. The first-order chi connectivity index (χ1) is 15.8. The molecule has 0 saturated heterocycles. The quantitative estimate of drug-likeness (QED) is 0.362. The number of nitrogens with zero attached hydrogens (tertiary/aromatic N) is 4. The molecule has 34 heavy (non-hydrogen) atoms. The van der Waals surface area contributed by atoms with Gasteiger partial charge in [-0.1, -0.05) is 31.2 Å². The van der Waals surface area contributed by atoms with Gasteiger partial charge in [-0.15, -0.1) is 12.4 Å². The molecule has 0 bridgehead atoms. The molecular formula is C25H24ClFN4O2S. The average molecular weight is 499 g/mol. The van der Waals surface area contributed by atoms with E-state index in [0.29, 0.717) is 29.9 Å². The molecule has 0 radical (unpaired) electrons. The molecule has 0 aliphatic carbocycles. The van der Waals surface area contributed by atoms with Crippen LogP contribution in [0, 0.1) is 5.82 Å². The van der Waals surface area contributed by atoms with Gasteiger partial charge in [0.05, 0.1) is 22.0 Å². The predicted octanol–water partition coefficient (Wildman–Crippen LogP) is 4.84. The Morgan fingerprint density at radius 3 is 2.41 bits per heavy atom. The fraction of sp³-hybridized carbons (Fsp3) is 0.200. The lowest BCUT2D eigenvalue weighted by atomic mass is 9.97. The van der Waals surface area contributed by atoms with Crippen molar-refractivity contribution in [1.29, 1.82) is 0 Å². The average Bonchev–Trinajstić information content (AvgIpc) is 2.79. The maximum absolute atomic E-state index is 13.3. The molecule has 1 atom stereocenters. The summed E-state index contributed by atoms with van der Waals surface area (Å²) in [7, 11) is -3.35. The van der Waals surface area contributed by atoms with Crippen LogP contribution in [-0.4, -0.2) is 34.6 Å². The molecule has 2 heterocycles. The Labute approximate surface area is 204 Å². The summed E-state index contributed by atoms with van der Waals surface area (Å²) in [6.07, 6.45) is 7.12. The van der Waals surface area contributed by atoms with Crippen LogP contribution in [0.15, 0.2) is 78.1 Å². The summed E-state index contributed by atoms with van der Waals surface area (Å²) in [5.41, 5.74) is 3.84. The number of hydrogen-bond donors (Lipinski definition) is 0. The number of hydrogen-bond acceptors (Lipinski definition) is 6. The van der Waals surface area contributed by atoms with Crippen molar-refractivity contribution in [2.75, 3.05) is 6.26 Å². The first kappa shape index (κ1) is 25.4. The Hall–Kier alpha value is -3.23. The van der Waals surface area contributed by atoms with Crippen LogP contribution in [-0.2, 0) is 22.7 Å². The lowest BCUT2D eigenvalue weighted by Crippen LogP contribution is -2.07. The first-order valence-electron chi connectivity index (χ1n) is 10.5. The maximum Gasteiger partial charge on any atom is 0.175 e. The third-order valence-corrected chi connectivity index (χ3v) is 6.40. The van der Waals surface area contributed by atoms with E-state index in [9.17, 15) is 12.8 Å². The number of benzene rings is 2. The van der Waals surface area contributed by atoms with Crippen molar-refractivity contribution in [3.05, 3.63) is 102 Å². The van der Waals surface area contributed by atoms with E-state index in [1.54, 1.807) is 48.9 Å². The molecule has 0 saturated carbocycles. The van der Waals surface area contributed by atoms with Crippen molar-refractivity contribution in [2.45, 2.75) is 30.6 Å². The molecule has 0 aliphatic heterocycles. The number of aromatic nitrogens is 4. The zero-order chi connectivity index (χ0) is 23.4. The highest BCUT2D eigenvalue weighted by molar-refractivity contribution is 7.90. The lowest BCUT2D eigenvalue weighted by Gasteiger charge is -2.14. The third kappa shape index (κ3) is 6.42. The van der Waals surface area contributed by atoms with E-state index in [0.717, 1.165) is 17.0 Å². The topological polar surface area (TPSA) is 85.7 Å². The normalized spacial score (nSPS) is 12.1. The molecule has 9 heteroatoms. The molecule has 0 aliphatic rings. The summed E-state index contributed by atoms with van der Waals surface area (Å²) < 4.78 is 37.4. The Kier molecular flexibility index (Phi) is 8.06. The van der Waals surface area contributed by atoms with Gasteiger partial charge in [0.2, 0.25) is 0 Å². The van der Waals surface area contributed by atoms with Crippen molar-refractivity contribution >= 4 is 22.2 Å². The fourth-order valence-corrected chi connectivity index (χ4v) is 4.22. The Morgan fingerprint density at radius 1 is 0.971 bits per heavy atom. The lowest BCUT2D eigenvalue weighted by molar-refractivity contribution is 0.602. The van der Waals surface area contributed by atoms with Crippen molar-refractivity contribution in [2.24, 2.45) is 0 Å². The van der Waals surface area contributed by atoms with Gasteiger partial charge in [-0.05, 0) is 41.8 Å². The van der Waals surface area contributed by atoms with Gasteiger partial charge in [0.1, 0.15) is 11.6 Å². The van der Waals surface area contributed by atoms with Crippen LogP contribution in [0.1, 0.15) is 35.6 Å². The van der Waals surface area contributed by atoms with Gasteiger partial charge in [0.25, 0.3) is 0 Å². The van der Waals surface area contributed by atoms with E-state index in [1.165, 1.54) is 18.4 Å². The Bertz CT molecular complexity index is 1370. The highest BCUT2D eigenvalue weighted by atomic mass is 35.5. The monoisotopic (exact) mass is 498 g/mol. The molecule has 0 unspecified atom stereocenters. The highest BCUT2D eigenvalue weighted by Crippen LogP contribution is 2.25. The van der Waals surface area contributed by atoms with Crippen LogP contribution < -0.4 is 0 Å². The summed E-state index contributed by atoms with van der Waals surface area (Å²) in [5, 5.41) is 0.